The maximum Gasteiger partial charge on any atom is 0.335 e. The molecule has 0 aromatic carbocycles. The van der Waals surface area contributed by atoms with Crippen LogP contribution < -0.4 is 0 Å². The van der Waals surface area contributed by atoms with Gasteiger partial charge in [-0.2, -0.15) is 0 Å². The average Bonchev–Trinajstić information content (AvgIpc) is 2.43. The molecule has 0 spiro atoms. The molecule has 6 atom stereocenters. The van der Waals surface area contributed by atoms with Crippen molar-refractivity contribution in [1.29, 1.82) is 0 Å². The molecule has 0 bridgehead atoms. The molecule has 0 amide bonds. The highest BCUT2D eigenvalue weighted by atomic mass is 16.6. The van der Waals surface area contributed by atoms with E-state index in [1.165, 1.54) is 6.92 Å². The van der Waals surface area contributed by atoms with E-state index in [9.17, 15) is 20.1 Å². The van der Waals surface area contributed by atoms with Gasteiger partial charge in [0.1, 0.15) is 12.2 Å². The molecule has 0 aliphatic carbocycles. The number of hydrogen-bond acceptors (Lipinski definition) is 6. The molecule has 0 radical (unpaired) electrons. The van der Waals surface area contributed by atoms with E-state index >= 15 is 0 Å². The molecule has 0 unspecified atom stereocenters. The SMILES string of the molecule is CC.C[C@H]1[C@H]([C@H](O)[C@H](O)CO)O[C@@](C)(C(=O)O)C[C@H]1O. The molecule has 1 saturated heterocycles. The highest BCUT2D eigenvalue weighted by molar-refractivity contribution is 5.77. The van der Waals surface area contributed by atoms with Gasteiger partial charge in [-0.3, -0.25) is 0 Å². The summed E-state index contributed by atoms with van der Waals surface area (Å²) >= 11 is 0. The van der Waals surface area contributed by atoms with Crippen LogP contribution in [-0.2, 0) is 9.53 Å². The Morgan fingerprint density at radius 3 is 2.30 bits per heavy atom. The number of aliphatic carboxylic acids is 1. The number of carboxylic acid groups (broad SMARTS) is 1. The zero-order valence-corrected chi connectivity index (χ0v) is 12.4. The van der Waals surface area contributed by atoms with Crippen molar-refractivity contribution in [3.63, 3.8) is 0 Å². The Morgan fingerprint density at radius 2 is 1.90 bits per heavy atom. The summed E-state index contributed by atoms with van der Waals surface area (Å²) in [6, 6.07) is 0. The molecule has 20 heavy (non-hydrogen) atoms. The Balaban J connectivity index is 0.00000172. The second kappa shape index (κ2) is 7.90. The summed E-state index contributed by atoms with van der Waals surface area (Å²) in [4.78, 5) is 11.1. The number of hydrogen-bond donors (Lipinski definition) is 5. The summed E-state index contributed by atoms with van der Waals surface area (Å²) in [6.45, 7) is 6.22. The second-order valence-electron chi connectivity index (χ2n) is 4.99. The standard InChI is InChI=1S/C11H20O7.C2H6/c1-5-6(13)3-11(2,10(16)17)18-9(5)8(15)7(14)4-12;1-2/h5-9,12-15H,3-4H2,1-2H3,(H,16,17);1-2H3/t5-,6-,7-,8-,9-,11-;/m1./s1. The van der Waals surface area contributed by atoms with Gasteiger partial charge in [0.25, 0.3) is 0 Å². The van der Waals surface area contributed by atoms with E-state index in [4.69, 9.17) is 14.9 Å². The first-order chi connectivity index (χ1) is 9.23. The molecule has 1 heterocycles. The quantitative estimate of drug-likeness (QED) is 0.466. The number of carboxylic acids is 1. The third-order valence-electron chi connectivity index (χ3n) is 3.49. The van der Waals surface area contributed by atoms with Gasteiger partial charge in [0.2, 0.25) is 0 Å². The molecule has 1 fully saturated rings. The van der Waals surface area contributed by atoms with Crippen LogP contribution in [0.3, 0.4) is 0 Å². The third kappa shape index (κ3) is 4.13. The van der Waals surface area contributed by atoms with Crippen LogP contribution in [0, 0.1) is 5.92 Å². The lowest BCUT2D eigenvalue weighted by molar-refractivity contribution is -0.232. The molecule has 1 aliphatic heterocycles. The monoisotopic (exact) mass is 294 g/mol. The van der Waals surface area contributed by atoms with Crippen molar-refractivity contribution >= 4 is 5.97 Å². The fourth-order valence-corrected chi connectivity index (χ4v) is 2.11. The van der Waals surface area contributed by atoms with Gasteiger partial charge in [0, 0.05) is 12.3 Å². The fraction of sp³-hybridized carbons (Fsp3) is 0.923. The predicted octanol–water partition coefficient (Wildman–Crippen LogP) is -0.644. The highest BCUT2D eigenvalue weighted by Crippen LogP contribution is 2.35. The van der Waals surface area contributed by atoms with E-state index in [1.807, 2.05) is 13.8 Å². The van der Waals surface area contributed by atoms with E-state index in [1.54, 1.807) is 6.92 Å². The molecule has 5 N–H and O–H groups in total. The molecule has 7 heteroatoms. The lowest BCUT2D eigenvalue weighted by Gasteiger charge is -2.44. The Hall–Kier alpha value is -0.730. The van der Waals surface area contributed by atoms with Crippen LogP contribution in [0.5, 0.6) is 0 Å². The first kappa shape index (κ1) is 19.3. The molecule has 0 aromatic heterocycles. The summed E-state index contributed by atoms with van der Waals surface area (Å²) in [7, 11) is 0. The van der Waals surface area contributed by atoms with E-state index in [0.29, 0.717) is 0 Å². The lowest BCUT2D eigenvalue weighted by Crippen LogP contribution is -2.59. The Kier molecular flexibility index (Phi) is 7.61. The molecule has 1 rings (SSSR count). The first-order valence-corrected chi connectivity index (χ1v) is 6.79. The van der Waals surface area contributed by atoms with Gasteiger partial charge < -0.3 is 30.3 Å². The Labute approximate surface area is 118 Å². The van der Waals surface area contributed by atoms with Crippen molar-refractivity contribution < 1.29 is 35.1 Å². The van der Waals surface area contributed by atoms with Crippen LogP contribution >= 0.6 is 0 Å². The van der Waals surface area contributed by atoms with Gasteiger partial charge in [-0.05, 0) is 6.92 Å². The zero-order chi connectivity index (χ0) is 16.1. The maximum absolute atomic E-state index is 11.1. The maximum atomic E-state index is 11.1. The molecule has 7 nitrogen and oxygen atoms in total. The van der Waals surface area contributed by atoms with Crippen molar-refractivity contribution in [2.24, 2.45) is 5.92 Å². The van der Waals surface area contributed by atoms with E-state index in [0.717, 1.165) is 0 Å². The van der Waals surface area contributed by atoms with Gasteiger partial charge in [-0.1, -0.05) is 20.8 Å². The summed E-state index contributed by atoms with van der Waals surface area (Å²) in [5.74, 6) is -1.79. The fourth-order valence-electron chi connectivity index (χ4n) is 2.11. The predicted molar refractivity (Wildman–Crippen MR) is 71.1 cm³/mol. The molecule has 0 saturated carbocycles. The second-order valence-corrected chi connectivity index (χ2v) is 4.99. The van der Waals surface area contributed by atoms with Crippen LogP contribution in [0.2, 0.25) is 0 Å². The van der Waals surface area contributed by atoms with E-state index in [-0.39, 0.29) is 6.42 Å². The van der Waals surface area contributed by atoms with Gasteiger partial charge in [-0.25, -0.2) is 4.79 Å². The van der Waals surface area contributed by atoms with E-state index < -0.39 is 48.5 Å². The van der Waals surface area contributed by atoms with Gasteiger partial charge >= 0.3 is 5.97 Å². The minimum atomic E-state index is -1.62. The lowest BCUT2D eigenvalue weighted by atomic mass is 9.81. The number of aliphatic hydroxyl groups is 4. The van der Waals surface area contributed by atoms with Crippen LogP contribution in [0.1, 0.15) is 34.1 Å². The third-order valence-corrected chi connectivity index (χ3v) is 3.49. The molecular weight excluding hydrogens is 268 g/mol. The summed E-state index contributed by atoms with van der Waals surface area (Å²) in [5, 5.41) is 46.9. The van der Waals surface area contributed by atoms with Gasteiger partial charge in [0.05, 0.1) is 18.8 Å². The van der Waals surface area contributed by atoms with Crippen molar-refractivity contribution in [3.05, 3.63) is 0 Å². The number of carbonyl (C=O) groups is 1. The van der Waals surface area contributed by atoms with Crippen molar-refractivity contribution in [1.82, 2.24) is 0 Å². The molecule has 0 aromatic rings. The normalized spacial score (nSPS) is 36.5. The molecule has 1 aliphatic rings. The molecule has 120 valence electrons. The van der Waals surface area contributed by atoms with Crippen LogP contribution in [0.25, 0.3) is 0 Å². The smallest absolute Gasteiger partial charge is 0.335 e. The van der Waals surface area contributed by atoms with Crippen molar-refractivity contribution in [2.75, 3.05) is 6.61 Å². The van der Waals surface area contributed by atoms with Crippen molar-refractivity contribution in [3.8, 4) is 0 Å². The number of rotatable bonds is 4. The summed E-state index contributed by atoms with van der Waals surface area (Å²) < 4.78 is 5.32. The molecular formula is C13H26O7. The van der Waals surface area contributed by atoms with Crippen LogP contribution in [-0.4, -0.2) is 68.1 Å². The minimum Gasteiger partial charge on any atom is -0.479 e. The Bertz CT molecular complexity index is 309. The number of ether oxygens (including phenoxy) is 1. The topological polar surface area (TPSA) is 127 Å². The van der Waals surface area contributed by atoms with Gasteiger partial charge in [0.15, 0.2) is 5.60 Å². The van der Waals surface area contributed by atoms with Gasteiger partial charge in [-0.15, -0.1) is 0 Å². The zero-order valence-electron chi connectivity index (χ0n) is 12.4. The minimum absolute atomic E-state index is 0.0953. The van der Waals surface area contributed by atoms with Crippen molar-refractivity contribution in [2.45, 2.75) is 64.1 Å². The average molecular weight is 294 g/mol. The number of aliphatic hydroxyl groups excluding tert-OH is 4. The largest absolute Gasteiger partial charge is 0.479 e. The summed E-state index contributed by atoms with van der Waals surface area (Å²) in [6.07, 6.45) is -5.02. The van der Waals surface area contributed by atoms with E-state index in [2.05, 4.69) is 0 Å². The highest BCUT2D eigenvalue weighted by Gasteiger charge is 2.49. The summed E-state index contributed by atoms with van der Waals surface area (Å²) in [5.41, 5.74) is -1.62. The first-order valence-electron chi connectivity index (χ1n) is 6.79. The van der Waals surface area contributed by atoms with Crippen LogP contribution in [0.4, 0.5) is 0 Å². The Morgan fingerprint density at radius 1 is 1.40 bits per heavy atom. The van der Waals surface area contributed by atoms with Crippen LogP contribution in [0.15, 0.2) is 0 Å².